The van der Waals surface area contributed by atoms with E-state index < -0.39 is 17.9 Å². The molecule has 2 aromatic rings. The van der Waals surface area contributed by atoms with E-state index >= 15 is 0 Å². The molecule has 0 spiro atoms. The maximum Gasteiger partial charge on any atom is 0.280 e. The van der Waals surface area contributed by atoms with Crippen LogP contribution in [0.15, 0.2) is 23.5 Å². The molecule has 94 valence electrons. The molecule has 1 fully saturated rings. The zero-order valence-electron chi connectivity index (χ0n) is 9.33. The van der Waals surface area contributed by atoms with E-state index in [1.54, 1.807) is 4.57 Å². The maximum absolute atomic E-state index is 11.6. The molecule has 8 nitrogen and oxygen atoms in total. The van der Waals surface area contributed by atoms with E-state index in [0.717, 1.165) is 0 Å². The number of hydrogen-bond donors (Lipinski definition) is 3. The van der Waals surface area contributed by atoms with Crippen molar-refractivity contribution in [2.75, 3.05) is 5.73 Å². The van der Waals surface area contributed by atoms with Crippen molar-refractivity contribution in [2.24, 2.45) is 0 Å². The van der Waals surface area contributed by atoms with Gasteiger partial charge in [0.05, 0.1) is 0 Å². The van der Waals surface area contributed by atoms with Crippen LogP contribution in [0.2, 0.25) is 0 Å². The Kier molecular flexibility index (Phi) is 2.14. The van der Waals surface area contributed by atoms with Crippen LogP contribution in [0.1, 0.15) is 12.6 Å². The second-order valence-electron chi connectivity index (χ2n) is 4.07. The topological polar surface area (TPSA) is 119 Å². The molecule has 1 aliphatic heterocycles. The molecule has 0 radical (unpaired) electrons. The van der Waals surface area contributed by atoms with E-state index in [4.69, 9.17) is 10.5 Å². The molecule has 0 bridgehead atoms. The number of anilines is 1. The smallest absolute Gasteiger partial charge is 0.280 e. The first-order chi connectivity index (χ1) is 8.56. The Hall–Kier alpha value is -2.35. The molecule has 2 aromatic heterocycles. The molecule has 3 rings (SSSR count). The first kappa shape index (κ1) is 10.8. The molecule has 0 aromatic carbocycles. The number of aromatic amines is 1. The van der Waals surface area contributed by atoms with Crippen LogP contribution in [0.25, 0.3) is 11.2 Å². The fourth-order valence-corrected chi connectivity index (χ4v) is 1.95. The van der Waals surface area contributed by atoms with Gasteiger partial charge in [0.25, 0.3) is 5.56 Å². The van der Waals surface area contributed by atoms with Gasteiger partial charge in [-0.3, -0.25) is 14.3 Å². The van der Waals surface area contributed by atoms with Crippen LogP contribution in [-0.2, 0) is 4.74 Å². The van der Waals surface area contributed by atoms with Crippen LogP contribution < -0.4 is 11.3 Å². The monoisotopic (exact) mass is 249 g/mol. The molecule has 4 N–H and O–H groups in total. The largest absolute Gasteiger partial charge is 0.472 e. The van der Waals surface area contributed by atoms with Crippen molar-refractivity contribution in [3.63, 3.8) is 0 Å². The average Bonchev–Trinajstić information content (AvgIpc) is 2.83. The van der Waals surface area contributed by atoms with Gasteiger partial charge in [-0.15, -0.1) is 0 Å². The van der Waals surface area contributed by atoms with Crippen LogP contribution in [0.5, 0.6) is 0 Å². The third-order valence-electron chi connectivity index (χ3n) is 2.84. The average molecular weight is 249 g/mol. The summed E-state index contributed by atoms with van der Waals surface area (Å²) in [5.41, 5.74) is 5.58. The third-order valence-corrected chi connectivity index (χ3v) is 2.84. The van der Waals surface area contributed by atoms with E-state index in [0.29, 0.717) is 17.8 Å². The van der Waals surface area contributed by atoms with Crippen molar-refractivity contribution < 1.29 is 9.84 Å². The summed E-state index contributed by atoms with van der Waals surface area (Å²) in [6, 6.07) is 0. The molecular weight excluding hydrogens is 238 g/mol. The number of hydrogen-bond acceptors (Lipinski definition) is 6. The zero-order chi connectivity index (χ0) is 12.9. The lowest BCUT2D eigenvalue weighted by Gasteiger charge is -2.11. The van der Waals surface area contributed by atoms with E-state index in [1.165, 1.54) is 6.33 Å². The number of aliphatic hydroxyl groups excluding tert-OH is 1. The molecule has 8 heteroatoms. The van der Waals surface area contributed by atoms with Crippen LogP contribution in [0, 0.1) is 0 Å². The molecule has 1 aliphatic rings. The SMILES string of the molecule is C=C1O[C@@H](n2cnc3c(=O)[nH]c(N)nc32)C[C@@H]1O. The van der Waals surface area contributed by atoms with Crippen molar-refractivity contribution in [1.29, 1.82) is 0 Å². The summed E-state index contributed by atoms with van der Waals surface area (Å²) in [5.74, 6) is 0.297. The Labute approximate surface area is 101 Å². The number of nitrogens with two attached hydrogens (primary N) is 1. The van der Waals surface area contributed by atoms with Crippen molar-refractivity contribution in [2.45, 2.75) is 18.8 Å². The van der Waals surface area contributed by atoms with Gasteiger partial charge in [-0.1, -0.05) is 6.58 Å². The number of aromatic nitrogens is 4. The van der Waals surface area contributed by atoms with E-state index in [2.05, 4.69) is 21.5 Å². The molecule has 3 heterocycles. The predicted octanol–water partition coefficient (Wildman–Crippen LogP) is -0.505. The molecular formula is C10H11N5O3. The number of nitrogens with one attached hydrogen (secondary N) is 1. The van der Waals surface area contributed by atoms with Gasteiger partial charge in [0.15, 0.2) is 17.4 Å². The van der Waals surface area contributed by atoms with Gasteiger partial charge >= 0.3 is 0 Å². The van der Waals surface area contributed by atoms with Gasteiger partial charge in [0.1, 0.15) is 18.2 Å². The van der Waals surface area contributed by atoms with Crippen molar-refractivity contribution in [3.8, 4) is 0 Å². The van der Waals surface area contributed by atoms with E-state index in [-0.39, 0.29) is 11.5 Å². The zero-order valence-corrected chi connectivity index (χ0v) is 9.33. The number of nitrogen functional groups attached to an aromatic ring is 1. The first-order valence-corrected chi connectivity index (χ1v) is 5.32. The van der Waals surface area contributed by atoms with Crippen LogP contribution in [-0.4, -0.2) is 30.7 Å². The second kappa shape index (κ2) is 3.57. The highest BCUT2D eigenvalue weighted by molar-refractivity contribution is 5.70. The second-order valence-corrected chi connectivity index (χ2v) is 4.07. The Morgan fingerprint density at radius 1 is 1.67 bits per heavy atom. The summed E-state index contributed by atoms with van der Waals surface area (Å²) in [6.45, 7) is 3.59. The normalized spacial score (nSPS) is 23.5. The Bertz CT molecular complexity index is 688. The number of nitrogens with zero attached hydrogens (tertiary/aromatic N) is 3. The van der Waals surface area contributed by atoms with Crippen molar-refractivity contribution >= 4 is 17.1 Å². The summed E-state index contributed by atoms with van der Waals surface area (Å²) in [4.78, 5) is 21.9. The summed E-state index contributed by atoms with van der Waals surface area (Å²) in [7, 11) is 0. The maximum atomic E-state index is 11.6. The standard InChI is InChI=1S/C10H11N5O3/c1-4-5(16)2-6(18-4)15-3-12-7-8(15)13-10(11)14-9(7)17/h3,5-6,16H,1-2H2,(H3,11,13,14,17)/t5-,6+/m0/s1. The quantitative estimate of drug-likeness (QED) is 0.626. The number of fused-ring (bicyclic) bond motifs is 1. The predicted molar refractivity (Wildman–Crippen MR) is 62.4 cm³/mol. The first-order valence-electron chi connectivity index (χ1n) is 5.32. The van der Waals surface area contributed by atoms with E-state index in [1.807, 2.05) is 0 Å². The molecule has 2 atom stereocenters. The minimum absolute atomic E-state index is 0.00613. The lowest BCUT2D eigenvalue weighted by molar-refractivity contribution is 0.101. The number of ether oxygens (including phenoxy) is 1. The molecule has 18 heavy (non-hydrogen) atoms. The van der Waals surface area contributed by atoms with Gasteiger partial charge in [-0.2, -0.15) is 4.98 Å². The lowest BCUT2D eigenvalue weighted by Crippen LogP contribution is -2.14. The van der Waals surface area contributed by atoms with Gasteiger partial charge in [0.2, 0.25) is 5.95 Å². The molecule has 1 saturated heterocycles. The third kappa shape index (κ3) is 1.46. The molecule has 0 aliphatic carbocycles. The number of rotatable bonds is 1. The summed E-state index contributed by atoms with van der Waals surface area (Å²) < 4.78 is 6.95. The summed E-state index contributed by atoms with van der Waals surface area (Å²) in [5, 5.41) is 9.58. The van der Waals surface area contributed by atoms with Gasteiger partial charge in [-0.25, -0.2) is 4.98 Å². The minimum Gasteiger partial charge on any atom is -0.472 e. The number of imidazole rings is 1. The fraction of sp³-hybridized carbons (Fsp3) is 0.300. The summed E-state index contributed by atoms with van der Waals surface area (Å²) >= 11 is 0. The van der Waals surface area contributed by atoms with Crippen molar-refractivity contribution in [3.05, 3.63) is 29.0 Å². The Balaban J connectivity index is 2.14. The minimum atomic E-state index is -0.730. The van der Waals surface area contributed by atoms with E-state index in [9.17, 15) is 9.90 Å². The highest BCUT2D eigenvalue weighted by Gasteiger charge is 2.30. The molecule has 0 amide bonds. The van der Waals surface area contributed by atoms with Crippen LogP contribution in [0.3, 0.4) is 0 Å². The van der Waals surface area contributed by atoms with Gasteiger partial charge in [0, 0.05) is 6.42 Å². The highest BCUT2D eigenvalue weighted by atomic mass is 16.5. The number of H-pyrrole nitrogens is 1. The van der Waals surface area contributed by atoms with Crippen LogP contribution in [0.4, 0.5) is 5.95 Å². The lowest BCUT2D eigenvalue weighted by atomic mass is 10.2. The van der Waals surface area contributed by atoms with Gasteiger partial charge in [-0.05, 0) is 0 Å². The van der Waals surface area contributed by atoms with Crippen molar-refractivity contribution in [1.82, 2.24) is 19.5 Å². The Morgan fingerprint density at radius 3 is 3.11 bits per heavy atom. The highest BCUT2D eigenvalue weighted by Crippen LogP contribution is 2.31. The van der Waals surface area contributed by atoms with Gasteiger partial charge < -0.3 is 15.6 Å². The Morgan fingerprint density at radius 2 is 2.44 bits per heavy atom. The molecule has 0 unspecified atom stereocenters. The molecule has 0 saturated carbocycles. The fourth-order valence-electron chi connectivity index (χ4n) is 1.95. The number of aliphatic hydroxyl groups is 1. The summed E-state index contributed by atoms with van der Waals surface area (Å²) in [6.07, 6.45) is 0.555. The van der Waals surface area contributed by atoms with Crippen LogP contribution >= 0.6 is 0 Å².